The number of benzene rings is 2. The number of fused-ring (bicyclic) bond motifs is 1. The number of carbonyl (C=O) groups excluding carboxylic acids is 1. The highest BCUT2D eigenvalue weighted by Crippen LogP contribution is 2.34. The summed E-state index contributed by atoms with van der Waals surface area (Å²) in [6.07, 6.45) is 2.10. The summed E-state index contributed by atoms with van der Waals surface area (Å²) < 4.78 is 5.77. The molecule has 2 aromatic carbocycles. The van der Waals surface area contributed by atoms with Crippen molar-refractivity contribution in [3.63, 3.8) is 0 Å². The summed E-state index contributed by atoms with van der Waals surface area (Å²) in [5, 5.41) is 4.37. The second-order valence-electron chi connectivity index (χ2n) is 6.06. The molecule has 1 aliphatic rings. The summed E-state index contributed by atoms with van der Waals surface area (Å²) in [4.78, 5) is 15.8. The molecule has 1 atom stereocenters. The van der Waals surface area contributed by atoms with Crippen LogP contribution in [0.2, 0.25) is 0 Å². The van der Waals surface area contributed by atoms with Gasteiger partial charge in [0.05, 0.1) is 6.04 Å². The lowest BCUT2D eigenvalue weighted by Gasteiger charge is -2.24. The van der Waals surface area contributed by atoms with Crippen LogP contribution >= 0.6 is 11.3 Å². The molecule has 1 aliphatic heterocycles. The topological polar surface area (TPSA) is 29.5 Å². The lowest BCUT2D eigenvalue weighted by molar-refractivity contribution is -0.134. The summed E-state index contributed by atoms with van der Waals surface area (Å²) in [6.45, 7) is 0.919. The Kier molecular flexibility index (Phi) is 4.22. The molecule has 122 valence electrons. The van der Waals surface area contributed by atoms with Crippen LogP contribution in [0.1, 0.15) is 23.8 Å². The average Bonchev–Trinajstić information content (AvgIpc) is 3.30. The van der Waals surface area contributed by atoms with E-state index in [1.54, 1.807) is 11.3 Å². The molecule has 3 aromatic rings. The highest BCUT2D eigenvalue weighted by Gasteiger charge is 2.30. The Bertz CT molecular complexity index is 844. The number of ether oxygens (including phenoxy) is 1. The normalized spacial score (nSPS) is 17.3. The van der Waals surface area contributed by atoms with E-state index in [2.05, 4.69) is 23.6 Å². The smallest absolute Gasteiger partial charge is 0.261 e. The molecule has 4 heteroatoms. The van der Waals surface area contributed by atoms with E-state index in [4.69, 9.17) is 4.74 Å². The molecule has 0 saturated carbocycles. The fraction of sp³-hybridized carbons (Fsp3) is 0.250. The highest BCUT2D eigenvalue weighted by molar-refractivity contribution is 7.10. The molecule has 4 rings (SSSR count). The molecule has 0 bridgehead atoms. The van der Waals surface area contributed by atoms with E-state index < -0.39 is 0 Å². The predicted octanol–water partition coefficient (Wildman–Crippen LogP) is 4.64. The molecule has 1 amide bonds. The van der Waals surface area contributed by atoms with Gasteiger partial charge >= 0.3 is 0 Å². The zero-order chi connectivity index (χ0) is 16.4. The predicted molar refractivity (Wildman–Crippen MR) is 97.5 cm³/mol. The number of nitrogens with zero attached hydrogens (tertiary/aromatic N) is 1. The SMILES string of the molecule is O=C(COc1ccc2ccccc2c1)N1CCCC1c1cccs1. The highest BCUT2D eigenvalue weighted by atomic mass is 32.1. The van der Waals surface area contributed by atoms with Crippen LogP contribution < -0.4 is 4.74 Å². The fourth-order valence-electron chi connectivity index (χ4n) is 3.33. The van der Waals surface area contributed by atoms with Gasteiger partial charge in [0.15, 0.2) is 6.61 Å². The Morgan fingerprint density at radius 2 is 2.00 bits per heavy atom. The minimum absolute atomic E-state index is 0.0686. The van der Waals surface area contributed by atoms with Gasteiger partial charge in [0.2, 0.25) is 0 Å². The molecule has 1 saturated heterocycles. The summed E-state index contributed by atoms with van der Waals surface area (Å²) in [5.74, 6) is 0.813. The van der Waals surface area contributed by atoms with Crippen molar-refractivity contribution in [3.05, 3.63) is 64.9 Å². The van der Waals surface area contributed by atoms with Gasteiger partial charge in [0, 0.05) is 11.4 Å². The zero-order valence-corrected chi connectivity index (χ0v) is 14.2. The maximum atomic E-state index is 12.6. The molecular weight excluding hydrogens is 318 g/mol. The lowest BCUT2D eigenvalue weighted by Crippen LogP contribution is -2.34. The van der Waals surface area contributed by atoms with Gasteiger partial charge in [-0.25, -0.2) is 0 Å². The number of likely N-dealkylation sites (tertiary alicyclic amines) is 1. The van der Waals surface area contributed by atoms with E-state index in [1.165, 1.54) is 10.3 Å². The molecule has 0 N–H and O–H groups in total. The van der Waals surface area contributed by atoms with Crippen molar-refractivity contribution in [1.82, 2.24) is 4.90 Å². The van der Waals surface area contributed by atoms with E-state index in [0.717, 1.165) is 30.5 Å². The quantitative estimate of drug-likeness (QED) is 0.694. The monoisotopic (exact) mass is 337 g/mol. The maximum absolute atomic E-state index is 12.6. The van der Waals surface area contributed by atoms with Crippen LogP contribution in [-0.4, -0.2) is 24.0 Å². The molecule has 1 unspecified atom stereocenters. The lowest BCUT2D eigenvalue weighted by atomic mass is 10.1. The number of amides is 1. The van der Waals surface area contributed by atoms with Crippen molar-refractivity contribution in [3.8, 4) is 5.75 Å². The van der Waals surface area contributed by atoms with Gasteiger partial charge < -0.3 is 9.64 Å². The third-order valence-corrected chi connectivity index (χ3v) is 5.50. The van der Waals surface area contributed by atoms with Crippen LogP contribution in [0, 0.1) is 0 Å². The van der Waals surface area contributed by atoms with E-state index in [-0.39, 0.29) is 18.6 Å². The Labute approximate surface area is 145 Å². The Balaban J connectivity index is 1.43. The zero-order valence-electron chi connectivity index (χ0n) is 13.4. The van der Waals surface area contributed by atoms with Gasteiger partial charge in [-0.15, -0.1) is 11.3 Å². The summed E-state index contributed by atoms with van der Waals surface area (Å²) >= 11 is 1.72. The number of thiophene rings is 1. The van der Waals surface area contributed by atoms with Crippen molar-refractivity contribution in [1.29, 1.82) is 0 Å². The van der Waals surface area contributed by atoms with Gasteiger partial charge in [-0.2, -0.15) is 0 Å². The van der Waals surface area contributed by atoms with E-state index in [1.807, 2.05) is 41.3 Å². The summed E-state index contributed by atoms with van der Waals surface area (Å²) in [6, 6.07) is 18.5. The molecule has 2 heterocycles. The third kappa shape index (κ3) is 3.02. The Morgan fingerprint density at radius 3 is 2.83 bits per heavy atom. The summed E-state index contributed by atoms with van der Waals surface area (Å²) in [5.41, 5.74) is 0. The van der Waals surface area contributed by atoms with Crippen molar-refractivity contribution >= 4 is 28.0 Å². The van der Waals surface area contributed by atoms with E-state index in [9.17, 15) is 4.79 Å². The fourth-order valence-corrected chi connectivity index (χ4v) is 4.20. The van der Waals surface area contributed by atoms with Gasteiger partial charge in [-0.05, 0) is 47.2 Å². The van der Waals surface area contributed by atoms with Crippen molar-refractivity contribution in [2.75, 3.05) is 13.2 Å². The van der Waals surface area contributed by atoms with Gasteiger partial charge in [0.1, 0.15) is 5.75 Å². The summed E-state index contributed by atoms with van der Waals surface area (Å²) in [7, 11) is 0. The van der Waals surface area contributed by atoms with Crippen LogP contribution in [0.5, 0.6) is 5.75 Å². The largest absolute Gasteiger partial charge is 0.484 e. The van der Waals surface area contributed by atoms with Crippen molar-refractivity contribution in [2.45, 2.75) is 18.9 Å². The second-order valence-corrected chi connectivity index (χ2v) is 7.04. The first-order valence-corrected chi connectivity index (χ1v) is 9.14. The minimum Gasteiger partial charge on any atom is -0.484 e. The number of hydrogen-bond acceptors (Lipinski definition) is 3. The first kappa shape index (κ1) is 15.2. The van der Waals surface area contributed by atoms with Crippen LogP contribution in [0.15, 0.2) is 60.0 Å². The standard InChI is InChI=1S/C20H19NO2S/c22-20(21-11-3-7-18(21)19-8-4-12-24-19)14-23-17-10-9-15-5-1-2-6-16(15)13-17/h1-2,4-6,8-10,12-13,18H,3,7,11,14H2. The van der Waals surface area contributed by atoms with Gasteiger partial charge in [-0.1, -0.05) is 36.4 Å². The molecule has 1 aromatic heterocycles. The molecule has 1 fully saturated rings. The van der Waals surface area contributed by atoms with Gasteiger partial charge in [-0.3, -0.25) is 4.79 Å². The van der Waals surface area contributed by atoms with Crippen LogP contribution in [-0.2, 0) is 4.79 Å². The second kappa shape index (κ2) is 6.65. The number of rotatable bonds is 4. The van der Waals surface area contributed by atoms with Crippen LogP contribution in [0.3, 0.4) is 0 Å². The molecule has 0 radical (unpaired) electrons. The number of hydrogen-bond donors (Lipinski definition) is 0. The van der Waals surface area contributed by atoms with E-state index in [0.29, 0.717) is 0 Å². The molecular formula is C20H19NO2S. The number of carbonyl (C=O) groups is 1. The van der Waals surface area contributed by atoms with Crippen molar-refractivity contribution in [2.24, 2.45) is 0 Å². The molecule has 3 nitrogen and oxygen atoms in total. The van der Waals surface area contributed by atoms with Gasteiger partial charge in [0.25, 0.3) is 5.91 Å². The third-order valence-electron chi connectivity index (χ3n) is 4.53. The first-order chi connectivity index (χ1) is 11.8. The molecule has 0 spiro atoms. The van der Waals surface area contributed by atoms with Crippen LogP contribution in [0.4, 0.5) is 0 Å². The Hall–Kier alpha value is -2.33. The Morgan fingerprint density at radius 1 is 1.12 bits per heavy atom. The molecule has 24 heavy (non-hydrogen) atoms. The molecule has 0 aliphatic carbocycles. The average molecular weight is 337 g/mol. The van der Waals surface area contributed by atoms with Crippen molar-refractivity contribution < 1.29 is 9.53 Å². The first-order valence-electron chi connectivity index (χ1n) is 8.26. The maximum Gasteiger partial charge on any atom is 0.261 e. The van der Waals surface area contributed by atoms with Crippen LogP contribution in [0.25, 0.3) is 10.8 Å². The minimum atomic E-state index is 0.0686. The van der Waals surface area contributed by atoms with E-state index >= 15 is 0 Å².